The number of nitrogens with zero attached hydrogens (tertiary/aromatic N) is 1. The predicted molar refractivity (Wildman–Crippen MR) is 56.8 cm³/mol. The number of carbonyl (C=O) groups is 1. The Balaban J connectivity index is 2.72. The van der Waals surface area contributed by atoms with E-state index in [1.165, 1.54) is 0 Å². The Kier molecular flexibility index (Phi) is 4.21. The zero-order chi connectivity index (χ0) is 13.1. The van der Waals surface area contributed by atoms with E-state index >= 15 is 0 Å². The Labute approximate surface area is 97.7 Å². The van der Waals surface area contributed by atoms with Gasteiger partial charge in [-0.2, -0.15) is 0 Å². The third kappa shape index (κ3) is 3.51. The second-order valence-electron chi connectivity index (χ2n) is 3.25. The maximum Gasteiger partial charge on any atom is 0.333 e. The molecule has 96 valence electrons. The number of aryl methyl sites for hydroxylation is 1. The lowest BCUT2D eigenvalue weighted by Crippen LogP contribution is -2.36. The Bertz CT molecular complexity index is 495. The summed E-state index contributed by atoms with van der Waals surface area (Å²) in [5.41, 5.74) is 0. The zero-order valence-corrected chi connectivity index (χ0v) is 9.86. The van der Waals surface area contributed by atoms with Crippen LogP contribution in [0.3, 0.4) is 0 Å². The quantitative estimate of drug-likeness (QED) is 0.504. The van der Waals surface area contributed by atoms with E-state index in [4.69, 9.17) is 10.2 Å². The number of nitrogens with one attached hydrogen (secondary N) is 2. The molecular formula is C8H13N3O5S. The summed E-state index contributed by atoms with van der Waals surface area (Å²) in [4.78, 5) is 16.7. The maximum atomic E-state index is 11.6. The molecule has 0 aliphatic rings. The number of aliphatic carboxylic acids is 1. The molecule has 0 amide bonds. The van der Waals surface area contributed by atoms with Crippen molar-refractivity contribution in [3.63, 3.8) is 0 Å². The lowest BCUT2D eigenvalue weighted by molar-refractivity contribution is -0.146. The molecule has 4 N–H and O–H groups in total. The van der Waals surface area contributed by atoms with Gasteiger partial charge in [-0.15, -0.1) is 0 Å². The number of H-pyrrole nitrogens is 1. The molecule has 8 nitrogen and oxygen atoms in total. The highest BCUT2D eigenvalue weighted by Gasteiger charge is 2.20. The van der Waals surface area contributed by atoms with Gasteiger partial charge in [-0.25, -0.2) is 22.9 Å². The molecule has 9 heteroatoms. The van der Waals surface area contributed by atoms with Crippen LogP contribution >= 0.6 is 0 Å². The monoisotopic (exact) mass is 263 g/mol. The smallest absolute Gasteiger partial charge is 0.333 e. The molecule has 0 spiro atoms. The molecule has 17 heavy (non-hydrogen) atoms. The predicted octanol–water partition coefficient (Wildman–Crippen LogP) is -1.30. The minimum absolute atomic E-state index is 0.160. The van der Waals surface area contributed by atoms with E-state index in [1.54, 1.807) is 6.92 Å². The third-order valence-corrected chi connectivity index (χ3v) is 3.31. The topological polar surface area (TPSA) is 132 Å². The molecule has 1 unspecified atom stereocenters. The summed E-state index contributed by atoms with van der Waals surface area (Å²) in [6, 6.07) is 0. The van der Waals surface area contributed by atoms with Crippen molar-refractivity contribution < 1.29 is 23.4 Å². The van der Waals surface area contributed by atoms with Crippen molar-refractivity contribution in [3.05, 3.63) is 12.0 Å². The van der Waals surface area contributed by atoms with Gasteiger partial charge in [-0.05, 0) is 0 Å². The highest BCUT2D eigenvalue weighted by molar-refractivity contribution is 7.89. The molecule has 1 aromatic rings. The van der Waals surface area contributed by atoms with Gasteiger partial charge in [0, 0.05) is 13.0 Å². The van der Waals surface area contributed by atoms with Gasteiger partial charge in [0.1, 0.15) is 5.82 Å². The largest absolute Gasteiger partial charge is 0.479 e. The van der Waals surface area contributed by atoms with Crippen molar-refractivity contribution in [1.82, 2.24) is 14.7 Å². The number of carboxylic acid groups (broad SMARTS) is 1. The minimum Gasteiger partial charge on any atom is -0.479 e. The van der Waals surface area contributed by atoms with E-state index in [0.29, 0.717) is 12.2 Å². The van der Waals surface area contributed by atoms with Crippen LogP contribution in [0.2, 0.25) is 0 Å². The molecule has 0 aliphatic carbocycles. The third-order valence-electron chi connectivity index (χ3n) is 1.98. The Hall–Kier alpha value is -1.45. The van der Waals surface area contributed by atoms with Gasteiger partial charge in [0.05, 0.1) is 6.20 Å². The summed E-state index contributed by atoms with van der Waals surface area (Å²) in [6.45, 7) is 1.20. The number of imidazole rings is 1. The van der Waals surface area contributed by atoms with E-state index in [-0.39, 0.29) is 5.03 Å². The minimum atomic E-state index is -3.87. The molecule has 0 radical (unpaired) electrons. The van der Waals surface area contributed by atoms with Crippen LogP contribution in [0.4, 0.5) is 0 Å². The Morgan fingerprint density at radius 3 is 2.76 bits per heavy atom. The lowest BCUT2D eigenvalue weighted by Gasteiger charge is -2.06. The number of aromatic amines is 1. The van der Waals surface area contributed by atoms with Crippen molar-refractivity contribution in [2.75, 3.05) is 6.54 Å². The fourth-order valence-electron chi connectivity index (χ4n) is 1.01. The zero-order valence-electron chi connectivity index (χ0n) is 9.04. The van der Waals surface area contributed by atoms with Gasteiger partial charge in [-0.3, -0.25) is 0 Å². The van der Waals surface area contributed by atoms with Gasteiger partial charge >= 0.3 is 5.97 Å². The normalized spacial score (nSPS) is 13.5. The highest BCUT2D eigenvalue weighted by atomic mass is 32.2. The number of aromatic nitrogens is 2. The molecule has 0 aromatic carbocycles. The number of aliphatic hydroxyl groups is 1. The fraction of sp³-hybridized carbons (Fsp3) is 0.500. The number of hydrogen-bond acceptors (Lipinski definition) is 5. The van der Waals surface area contributed by atoms with Crippen LogP contribution in [0, 0.1) is 0 Å². The van der Waals surface area contributed by atoms with Crippen LogP contribution in [0.15, 0.2) is 11.2 Å². The van der Waals surface area contributed by atoms with Crippen molar-refractivity contribution in [2.45, 2.75) is 24.5 Å². The molecule has 0 saturated heterocycles. The molecule has 0 aliphatic heterocycles. The van der Waals surface area contributed by atoms with Gasteiger partial charge in [0.15, 0.2) is 11.1 Å². The molecule has 0 fully saturated rings. The number of hydrogen-bond donors (Lipinski definition) is 4. The average molecular weight is 263 g/mol. The summed E-state index contributed by atoms with van der Waals surface area (Å²) in [5, 5.41) is 17.2. The average Bonchev–Trinajstić information content (AvgIpc) is 2.75. The first kappa shape index (κ1) is 13.6. The first-order valence-corrected chi connectivity index (χ1v) is 6.29. The van der Waals surface area contributed by atoms with Gasteiger partial charge in [0.2, 0.25) is 0 Å². The van der Waals surface area contributed by atoms with E-state index < -0.39 is 28.6 Å². The number of rotatable bonds is 6. The lowest BCUT2D eigenvalue weighted by atomic mass is 10.4. The fourth-order valence-corrected chi connectivity index (χ4v) is 1.99. The second kappa shape index (κ2) is 5.25. The number of sulfonamides is 1. The molecule has 0 bridgehead atoms. The van der Waals surface area contributed by atoms with E-state index in [1.807, 2.05) is 4.72 Å². The molecule has 1 rings (SSSR count). The standard InChI is InChI=1S/C8H13N3O5S/c1-2-6-9-4-7(11-6)17(15,16)10-3-5(12)8(13)14/h4-5,10,12H,2-3H2,1H3,(H,9,11)(H,13,14). The molecular weight excluding hydrogens is 250 g/mol. The first-order valence-electron chi connectivity index (χ1n) is 4.81. The van der Waals surface area contributed by atoms with E-state index in [0.717, 1.165) is 6.20 Å². The molecule has 0 saturated carbocycles. The van der Waals surface area contributed by atoms with Crippen LogP contribution in [-0.2, 0) is 21.2 Å². The van der Waals surface area contributed by atoms with Crippen LogP contribution in [0.1, 0.15) is 12.7 Å². The highest BCUT2D eigenvalue weighted by Crippen LogP contribution is 2.05. The van der Waals surface area contributed by atoms with Crippen molar-refractivity contribution >= 4 is 16.0 Å². The molecule has 1 heterocycles. The van der Waals surface area contributed by atoms with Crippen LogP contribution in [0.5, 0.6) is 0 Å². The maximum absolute atomic E-state index is 11.6. The molecule has 1 aromatic heterocycles. The van der Waals surface area contributed by atoms with Crippen LogP contribution < -0.4 is 4.72 Å². The summed E-state index contributed by atoms with van der Waals surface area (Å²) in [6.07, 6.45) is -0.0972. The summed E-state index contributed by atoms with van der Waals surface area (Å²) < 4.78 is 25.2. The van der Waals surface area contributed by atoms with Crippen molar-refractivity contribution in [2.24, 2.45) is 0 Å². The number of aliphatic hydroxyl groups excluding tert-OH is 1. The van der Waals surface area contributed by atoms with Crippen molar-refractivity contribution in [1.29, 1.82) is 0 Å². The summed E-state index contributed by atoms with van der Waals surface area (Å²) >= 11 is 0. The Morgan fingerprint density at radius 1 is 1.65 bits per heavy atom. The summed E-state index contributed by atoms with van der Waals surface area (Å²) in [7, 11) is -3.87. The summed E-state index contributed by atoms with van der Waals surface area (Å²) in [5.74, 6) is -0.990. The van der Waals surface area contributed by atoms with Gasteiger partial charge in [-0.1, -0.05) is 6.92 Å². The van der Waals surface area contributed by atoms with Gasteiger partial charge in [0.25, 0.3) is 10.0 Å². The van der Waals surface area contributed by atoms with Crippen LogP contribution in [-0.4, -0.2) is 47.2 Å². The SMILES string of the molecule is CCc1ncc(S(=O)(=O)NCC(O)C(=O)O)[nH]1. The van der Waals surface area contributed by atoms with E-state index in [2.05, 4.69) is 9.97 Å². The second-order valence-corrected chi connectivity index (χ2v) is 4.99. The Morgan fingerprint density at radius 2 is 2.29 bits per heavy atom. The van der Waals surface area contributed by atoms with Crippen LogP contribution in [0.25, 0.3) is 0 Å². The number of carboxylic acids is 1. The van der Waals surface area contributed by atoms with E-state index in [9.17, 15) is 13.2 Å². The molecule has 1 atom stereocenters. The first-order chi connectivity index (χ1) is 7.86. The van der Waals surface area contributed by atoms with Crippen molar-refractivity contribution in [3.8, 4) is 0 Å². The van der Waals surface area contributed by atoms with Gasteiger partial charge < -0.3 is 15.2 Å².